The first kappa shape index (κ1) is 37.2. The molecule has 282 valence electrons. The third-order valence-electron chi connectivity index (χ3n) is 10.8. The maximum Gasteiger partial charge on any atom is 0.494 e. The molecule has 58 heavy (non-hydrogen) atoms. The van der Waals surface area contributed by atoms with Crippen LogP contribution in [0.15, 0.2) is 158 Å². The molecule has 1 aliphatic heterocycles. The van der Waals surface area contributed by atoms with Crippen LogP contribution in [0.2, 0.25) is 5.28 Å². The Morgan fingerprint density at radius 1 is 0.362 bits per heavy atom. The maximum atomic E-state index is 6.36. The number of nitrogens with zero attached hydrogens (tertiary/aromatic N) is 6. The topological polar surface area (TPSA) is 95.8 Å². The standard InChI is InChI=1S/C48H38BClN6O2/c1-47(2)48(3,4)58-49(57-47)40-27-25-35(26-28-40)42-51-41(33-13-7-5-8-14-33)52-44(53-42)38-19-11-17-36(29-38)31-21-23-32(24-22-31)37-18-12-20-39(30-37)45-54-43(55-46(50)56-45)34-15-9-6-10-16-34/h5-30H,1-4H3. The molecule has 0 bridgehead atoms. The van der Waals surface area contributed by atoms with E-state index in [-0.39, 0.29) is 5.28 Å². The van der Waals surface area contributed by atoms with Crippen LogP contribution in [-0.4, -0.2) is 48.2 Å². The van der Waals surface area contributed by atoms with Crippen LogP contribution in [0.3, 0.4) is 0 Å². The summed E-state index contributed by atoms with van der Waals surface area (Å²) in [6.07, 6.45) is 0. The van der Waals surface area contributed by atoms with Gasteiger partial charge in [-0.05, 0) is 79.1 Å². The zero-order valence-electron chi connectivity index (χ0n) is 32.5. The number of hydrogen-bond acceptors (Lipinski definition) is 8. The van der Waals surface area contributed by atoms with Crippen molar-refractivity contribution in [2.45, 2.75) is 38.9 Å². The predicted molar refractivity (Wildman–Crippen MR) is 232 cm³/mol. The Hall–Kier alpha value is -6.39. The summed E-state index contributed by atoms with van der Waals surface area (Å²) in [5.41, 5.74) is 8.68. The lowest BCUT2D eigenvalue weighted by atomic mass is 9.79. The highest BCUT2D eigenvalue weighted by molar-refractivity contribution is 6.62. The van der Waals surface area contributed by atoms with Gasteiger partial charge in [0.1, 0.15) is 0 Å². The Balaban J connectivity index is 1.00. The monoisotopic (exact) mass is 776 g/mol. The van der Waals surface area contributed by atoms with Crippen molar-refractivity contribution >= 4 is 24.2 Å². The predicted octanol–water partition coefficient (Wildman–Crippen LogP) is 10.7. The molecule has 0 spiro atoms. The van der Waals surface area contributed by atoms with E-state index in [1.54, 1.807) is 0 Å². The van der Waals surface area contributed by atoms with Crippen LogP contribution in [0.4, 0.5) is 0 Å². The van der Waals surface area contributed by atoms with Gasteiger partial charge in [-0.25, -0.2) is 19.9 Å². The Labute approximate surface area is 343 Å². The molecule has 10 heteroatoms. The van der Waals surface area contributed by atoms with Gasteiger partial charge >= 0.3 is 7.12 Å². The van der Waals surface area contributed by atoms with Crippen molar-refractivity contribution in [2.75, 3.05) is 0 Å². The lowest BCUT2D eigenvalue weighted by molar-refractivity contribution is 0.00578. The molecule has 1 fully saturated rings. The van der Waals surface area contributed by atoms with Gasteiger partial charge in [0.15, 0.2) is 29.1 Å². The molecule has 6 aromatic carbocycles. The van der Waals surface area contributed by atoms with E-state index < -0.39 is 18.3 Å². The van der Waals surface area contributed by atoms with Gasteiger partial charge in [-0.1, -0.05) is 146 Å². The Morgan fingerprint density at radius 3 is 1.14 bits per heavy atom. The summed E-state index contributed by atoms with van der Waals surface area (Å²) in [5.74, 6) is 2.82. The van der Waals surface area contributed by atoms with Crippen molar-refractivity contribution < 1.29 is 9.31 Å². The first-order chi connectivity index (χ1) is 28.1. The second-order valence-electron chi connectivity index (χ2n) is 15.2. The van der Waals surface area contributed by atoms with Gasteiger partial charge < -0.3 is 9.31 Å². The van der Waals surface area contributed by atoms with Crippen LogP contribution in [-0.2, 0) is 9.31 Å². The van der Waals surface area contributed by atoms with Crippen LogP contribution >= 0.6 is 11.6 Å². The number of halogens is 1. The first-order valence-corrected chi connectivity index (χ1v) is 19.5. The van der Waals surface area contributed by atoms with Crippen molar-refractivity contribution in [2.24, 2.45) is 0 Å². The molecule has 3 heterocycles. The highest BCUT2D eigenvalue weighted by atomic mass is 35.5. The Morgan fingerprint density at radius 2 is 0.690 bits per heavy atom. The van der Waals surface area contributed by atoms with Gasteiger partial charge in [-0.3, -0.25) is 0 Å². The second kappa shape index (κ2) is 15.2. The fourth-order valence-corrected chi connectivity index (χ4v) is 7.01. The van der Waals surface area contributed by atoms with E-state index in [1.165, 1.54) is 0 Å². The lowest BCUT2D eigenvalue weighted by Crippen LogP contribution is -2.41. The molecule has 0 amide bonds. The van der Waals surface area contributed by atoms with Gasteiger partial charge in [-0.15, -0.1) is 0 Å². The summed E-state index contributed by atoms with van der Waals surface area (Å²) in [6, 6.07) is 52.8. The van der Waals surface area contributed by atoms with Gasteiger partial charge in [0.2, 0.25) is 5.28 Å². The number of benzene rings is 6. The van der Waals surface area contributed by atoms with E-state index >= 15 is 0 Å². The highest BCUT2D eigenvalue weighted by Crippen LogP contribution is 2.37. The highest BCUT2D eigenvalue weighted by Gasteiger charge is 2.51. The van der Waals surface area contributed by atoms with Crippen LogP contribution in [0.1, 0.15) is 27.7 Å². The SMILES string of the molecule is CC1(C)OB(c2ccc(-c3nc(-c4ccccc4)nc(-c4cccc(-c5ccc(-c6cccc(-c7nc(Cl)nc(-c8ccccc8)n7)c6)cc5)c4)n3)cc2)OC1(C)C. The molecule has 0 radical (unpaired) electrons. The van der Waals surface area contributed by atoms with E-state index in [4.69, 9.17) is 40.8 Å². The molecule has 0 N–H and O–H groups in total. The molecular formula is C48H38BClN6O2. The molecule has 0 saturated carbocycles. The van der Waals surface area contributed by atoms with Crippen LogP contribution in [0.25, 0.3) is 79.2 Å². The normalized spacial score (nSPS) is 14.4. The molecule has 2 aromatic heterocycles. The lowest BCUT2D eigenvalue weighted by Gasteiger charge is -2.32. The van der Waals surface area contributed by atoms with E-state index in [9.17, 15) is 0 Å². The molecule has 1 saturated heterocycles. The number of rotatable bonds is 8. The van der Waals surface area contributed by atoms with E-state index in [1.807, 2.05) is 109 Å². The summed E-state index contributed by atoms with van der Waals surface area (Å²) < 4.78 is 12.6. The van der Waals surface area contributed by atoms with Gasteiger partial charge in [0, 0.05) is 27.8 Å². The van der Waals surface area contributed by atoms with E-state index in [2.05, 4.69) is 86.2 Å². The van der Waals surface area contributed by atoms with Crippen molar-refractivity contribution in [3.63, 3.8) is 0 Å². The fraction of sp³-hybridized carbons (Fsp3) is 0.125. The summed E-state index contributed by atoms with van der Waals surface area (Å²) in [5, 5.41) is 0.151. The zero-order chi connectivity index (χ0) is 39.9. The molecule has 0 unspecified atom stereocenters. The average molecular weight is 777 g/mol. The molecular weight excluding hydrogens is 739 g/mol. The average Bonchev–Trinajstić information content (AvgIpc) is 3.49. The van der Waals surface area contributed by atoms with Crippen LogP contribution < -0.4 is 5.46 Å². The molecule has 0 atom stereocenters. The Kier molecular flexibility index (Phi) is 9.73. The molecule has 8 aromatic rings. The van der Waals surface area contributed by atoms with Gasteiger partial charge in [-0.2, -0.15) is 9.97 Å². The zero-order valence-corrected chi connectivity index (χ0v) is 33.2. The van der Waals surface area contributed by atoms with Gasteiger partial charge in [0.05, 0.1) is 11.2 Å². The molecule has 8 nitrogen and oxygen atoms in total. The van der Waals surface area contributed by atoms with Crippen LogP contribution in [0.5, 0.6) is 0 Å². The third kappa shape index (κ3) is 7.55. The molecule has 1 aliphatic rings. The summed E-state index contributed by atoms with van der Waals surface area (Å²) in [7, 11) is -0.454. The number of aromatic nitrogens is 6. The largest absolute Gasteiger partial charge is 0.494 e. The van der Waals surface area contributed by atoms with E-state index in [0.717, 1.165) is 55.5 Å². The van der Waals surface area contributed by atoms with Crippen LogP contribution in [0, 0.1) is 0 Å². The second-order valence-corrected chi connectivity index (χ2v) is 15.6. The number of hydrogen-bond donors (Lipinski definition) is 0. The minimum atomic E-state index is -0.454. The van der Waals surface area contributed by atoms with E-state index in [0.29, 0.717) is 29.1 Å². The maximum absolute atomic E-state index is 6.36. The molecule has 0 aliphatic carbocycles. The quantitative estimate of drug-likeness (QED) is 0.141. The van der Waals surface area contributed by atoms with Crippen molar-refractivity contribution in [3.8, 4) is 79.2 Å². The smallest absolute Gasteiger partial charge is 0.399 e. The Bertz CT molecular complexity index is 2730. The summed E-state index contributed by atoms with van der Waals surface area (Å²) in [4.78, 5) is 28.5. The van der Waals surface area contributed by atoms with Crippen molar-refractivity contribution in [1.29, 1.82) is 0 Å². The minimum Gasteiger partial charge on any atom is -0.399 e. The minimum absolute atomic E-state index is 0.151. The summed E-state index contributed by atoms with van der Waals surface area (Å²) >= 11 is 6.36. The van der Waals surface area contributed by atoms with Gasteiger partial charge in [0.25, 0.3) is 0 Å². The first-order valence-electron chi connectivity index (χ1n) is 19.1. The molecule has 9 rings (SSSR count). The summed E-state index contributed by atoms with van der Waals surface area (Å²) in [6.45, 7) is 8.23. The van der Waals surface area contributed by atoms with Crippen molar-refractivity contribution in [3.05, 3.63) is 163 Å². The fourth-order valence-electron chi connectivity index (χ4n) is 6.85. The third-order valence-corrected chi connectivity index (χ3v) is 11.0. The van der Waals surface area contributed by atoms with Crippen molar-refractivity contribution in [1.82, 2.24) is 29.9 Å².